The fourth-order valence-corrected chi connectivity index (χ4v) is 4.46. The van der Waals surface area contributed by atoms with Crippen LogP contribution < -0.4 is 15.8 Å². The lowest BCUT2D eigenvalue weighted by Gasteiger charge is -2.13. The van der Waals surface area contributed by atoms with Gasteiger partial charge in [-0.05, 0) is 49.6 Å². The molecule has 3 N–H and O–H groups in total. The number of anilines is 1. The summed E-state index contributed by atoms with van der Waals surface area (Å²) in [6.07, 6.45) is 6.05. The number of halogens is 2. The highest BCUT2D eigenvalue weighted by molar-refractivity contribution is 5.85. The van der Waals surface area contributed by atoms with Crippen molar-refractivity contribution in [3.05, 3.63) is 66.0 Å². The molecule has 7 nitrogen and oxygen atoms in total. The number of aromatic nitrogens is 3. The van der Waals surface area contributed by atoms with E-state index < -0.39 is 11.6 Å². The fraction of sp³-hybridized carbons (Fsp3) is 0.240. The summed E-state index contributed by atoms with van der Waals surface area (Å²) in [7, 11) is 1.40. The van der Waals surface area contributed by atoms with Crippen LogP contribution in [0.3, 0.4) is 0 Å². The highest BCUT2D eigenvalue weighted by Crippen LogP contribution is 2.36. The average Bonchev–Trinajstić information content (AvgIpc) is 3.43. The monoisotopic (exact) mass is 460 g/mol. The molecule has 0 amide bonds. The first-order chi connectivity index (χ1) is 16.5. The summed E-state index contributed by atoms with van der Waals surface area (Å²) in [6.45, 7) is 0. The maximum absolute atomic E-state index is 14.6. The minimum Gasteiger partial charge on any atom is -0.494 e. The van der Waals surface area contributed by atoms with E-state index >= 15 is 0 Å². The van der Waals surface area contributed by atoms with Crippen molar-refractivity contribution in [2.45, 2.75) is 31.3 Å². The van der Waals surface area contributed by atoms with Crippen LogP contribution in [0, 0.1) is 23.0 Å². The highest BCUT2D eigenvalue weighted by Gasteiger charge is 2.25. The van der Waals surface area contributed by atoms with Crippen molar-refractivity contribution < 1.29 is 13.5 Å². The van der Waals surface area contributed by atoms with Gasteiger partial charge in [-0.2, -0.15) is 5.26 Å². The lowest BCUT2D eigenvalue weighted by Crippen LogP contribution is -2.21. The maximum atomic E-state index is 14.6. The van der Waals surface area contributed by atoms with Crippen LogP contribution in [0.1, 0.15) is 24.8 Å². The molecule has 1 aliphatic rings. The van der Waals surface area contributed by atoms with Crippen LogP contribution in [0.5, 0.6) is 5.75 Å². The normalized spacial score (nSPS) is 17.6. The molecule has 5 rings (SSSR count). The van der Waals surface area contributed by atoms with E-state index in [1.165, 1.54) is 31.4 Å². The molecule has 0 aliphatic heterocycles. The number of benzene rings is 2. The Bertz CT molecular complexity index is 1430. The number of ether oxygens (including phenoxy) is 1. The minimum atomic E-state index is -0.652. The molecular formula is C25H22F2N6O. The molecule has 34 heavy (non-hydrogen) atoms. The van der Waals surface area contributed by atoms with Crippen molar-refractivity contribution in [3.8, 4) is 34.3 Å². The van der Waals surface area contributed by atoms with Gasteiger partial charge in [-0.3, -0.25) is 4.40 Å². The van der Waals surface area contributed by atoms with Gasteiger partial charge < -0.3 is 15.8 Å². The largest absolute Gasteiger partial charge is 0.494 e. The van der Waals surface area contributed by atoms with E-state index in [0.29, 0.717) is 34.0 Å². The first kappa shape index (κ1) is 21.8. The Morgan fingerprint density at radius 2 is 1.94 bits per heavy atom. The summed E-state index contributed by atoms with van der Waals surface area (Å²) in [5, 5.41) is 12.5. The zero-order chi connectivity index (χ0) is 23.8. The second-order valence-electron chi connectivity index (χ2n) is 8.35. The molecule has 2 heterocycles. The Balaban J connectivity index is 1.71. The number of nitrogens with two attached hydrogens (primary N) is 1. The molecule has 2 aromatic heterocycles. The molecule has 0 spiro atoms. The lowest BCUT2D eigenvalue weighted by molar-refractivity contribution is 0.386. The van der Waals surface area contributed by atoms with Gasteiger partial charge >= 0.3 is 0 Å². The van der Waals surface area contributed by atoms with Crippen molar-refractivity contribution in [3.63, 3.8) is 0 Å². The zero-order valence-corrected chi connectivity index (χ0v) is 18.4. The molecule has 0 unspecified atom stereocenters. The number of methoxy groups -OCH3 is 1. The first-order valence-electron chi connectivity index (χ1n) is 10.9. The van der Waals surface area contributed by atoms with Crippen molar-refractivity contribution in [1.29, 1.82) is 5.26 Å². The van der Waals surface area contributed by atoms with Gasteiger partial charge in [0, 0.05) is 35.6 Å². The Morgan fingerprint density at radius 1 is 1.15 bits per heavy atom. The molecule has 0 saturated heterocycles. The fourth-order valence-electron chi connectivity index (χ4n) is 4.46. The van der Waals surface area contributed by atoms with Crippen molar-refractivity contribution in [1.82, 2.24) is 14.4 Å². The summed E-state index contributed by atoms with van der Waals surface area (Å²) in [4.78, 5) is 9.27. The van der Waals surface area contributed by atoms with E-state index in [0.717, 1.165) is 19.3 Å². The molecule has 2 atom stereocenters. The van der Waals surface area contributed by atoms with E-state index in [9.17, 15) is 8.78 Å². The molecule has 2 aromatic carbocycles. The van der Waals surface area contributed by atoms with Gasteiger partial charge in [0.2, 0.25) is 0 Å². The van der Waals surface area contributed by atoms with E-state index in [4.69, 9.17) is 20.7 Å². The molecule has 1 fully saturated rings. The van der Waals surface area contributed by atoms with Crippen molar-refractivity contribution >= 4 is 11.5 Å². The van der Waals surface area contributed by atoms with Crippen LogP contribution >= 0.6 is 0 Å². The summed E-state index contributed by atoms with van der Waals surface area (Å²) in [5.41, 5.74) is 8.51. The predicted molar refractivity (Wildman–Crippen MR) is 124 cm³/mol. The molecule has 172 valence electrons. The van der Waals surface area contributed by atoms with Crippen LogP contribution in [-0.2, 0) is 0 Å². The lowest BCUT2D eigenvalue weighted by atomic mass is 10.0. The number of hydrogen-bond acceptors (Lipinski definition) is 6. The quantitative estimate of drug-likeness (QED) is 0.454. The molecule has 9 heteroatoms. The van der Waals surface area contributed by atoms with Gasteiger partial charge in [-0.25, -0.2) is 18.7 Å². The Labute approximate surface area is 194 Å². The Kier molecular flexibility index (Phi) is 5.59. The minimum absolute atomic E-state index is 0.0637. The van der Waals surface area contributed by atoms with Gasteiger partial charge in [0.25, 0.3) is 0 Å². The average molecular weight is 460 g/mol. The molecule has 1 aliphatic carbocycles. The van der Waals surface area contributed by atoms with Gasteiger partial charge in [0.05, 0.1) is 24.1 Å². The summed E-state index contributed by atoms with van der Waals surface area (Å²) in [5.74, 6) is -0.498. The third-order valence-corrected chi connectivity index (χ3v) is 6.14. The highest BCUT2D eigenvalue weighted by atomic mass is 19.1. The second kappa shape index (κ2) is 8.72. The third kappa shape index (κ3) is 3.82. The van der Waals surface area contributed by atoms with E-state index in [1.54, 1.807) is 28.9 Å². The van der Waals surface area contributed by atoms with Crippen LogP contribution in [0.4, 0.5) is 14.6 Å². The number of rotatable bonds is 5. The molecule has 1 saturated carbocycles. The molecular weight excluding hydrogens is 438 g/mol. The molecule has 4 aromatic rings. The zero-order valence-electron chi connectivity index (χ0n) is 18.4. The van der Waals surface area contributed by atoms with Gasteiger partial charge in [-0.15, -0.1) is 0 Å². The number of nitrogens with zero attached hydrogens (tertiary/aromatic N) is 4. The van der Waals surface area contributed by atoms with Gasteiger partial charge in [0.15, 0.2) is 23.0 Å². The maximum Gasteiger partial charge on any atom is 0.181 e. The predicted octanol–water partition coefficient (Wildman–Crippen LogP) is 4.51. The van der Waals surface area contributed by atoms with Crippen molar-refractivity contribution in [2.75, 3.05) is 12.4 Å². The number of hydrogen-bond donors (Lipinski definition) is 2. The summed E-state index contributed by atoms with van der Waals surface area (Å²) in [6, 6.07) is 11.1. The summed E-state index contributed by atoms with van der Waals surface area (Å²) < 4.78 is 36.0. The van der Waals surface area contributed by atoms with E-state index in [2.05, 4.69) is 10.3 Å². The second-order valence-corrected chi connectivity index (χ2v) is 8.35. The van der Waals surface area contributed by atoms with Crippen molar-refractivity contribution in [2.24, 2.45) is 5.73 Å². The summed E-state index contributed by atoms with van der Waals surface area (Å²) >= 11 is 0. The first-order valence-corrected chi connectivity index (χ1v) is 10.9. The number of nitrogens with one attached hydrogen (secondary N) is 1. The van der Waals surface area contributed by atoms with E-state index in [1.807, 2.05) is 6.07 Å². The smallest absolute Gasteiger partial charge is 0.181 e. The SMILES string of the molecule is COc1ccc(-c2c(-c3ccc(C#N)c(F)c3)nc3c(N[C@@H]4CC[C@H](N)C4)nccn23)cc1F. The van der Waals surface area contributed by atoms with Crippen LogP contribution in [0.25, 0.3) is 28.2 Å². The van der Waals surface area contributed by atoms with Gasteiger partial charge in [-0.1, -0.05) is 6.07 Å². The number of nitriles is 1. The van der Waals surface area contributed by atoms with E-state index in [-0.39, 0.29) is 23.4 Å². The topological polar surface area (TPSA) is 101 Å². The van der Waals surface area contributed by atoms with Crippen LogP contribution in [-0.4, -0.2) is 33.6 Å². The Hall–Kier alpha value is -4.03. The third-order valence-electron chi connectivity index (χ3n) is 6.14. The standard InChI is InChI=1S/C25H22F2N6O/c1-34-21-7-4-15(11-20(21)27)23-22(14-2-3-16(13-28)19(26)10-14)32-25-24(30-8-9-33(23)25)31-18-6-5-17(29)12-18/h2-4,7-11,17-18H,5-6,12,29H2,1H3,(H,30,31)/t17-,18+/m0/s1. The van der Waals surface area contributed by atoms with Gasteiger partial charge in [0.1, 0.15) is 11.9 Å². The number of imidazole rings is 1. The van der Waals surface area contributed by atoms with Crippen LogP contribution in [0.15, 0.2) is 48.8 Å². The molecule has 0 bridgehead atoms. The Morgan fingerprint density at radius 3 is 2.62 bits per heavy atom. The number of fused-ring (bicyclic) bond motifs is 1. The molecule has 0 radical (unpaired) electrons. The van der Waals surface area contributed by atoms with Crippen LogP contribution in [0.2, 0.25) is 0 Å².